The van der Waals surface area contributed by atoms with Crippen LogP contribution in [-0.2, 0) is 6.54 Å². The maximum absolute atomic E-state index is 5.04. The van der Waals surface area contributed by atoms with Crippen LogP contribution in [0.2, 0.25) is 0 Å². The van der Waals surface area contributed by atoms with Crippen molar-refractivity contribution < 1.29 is 0 Å². The number of nitrogens with zero attached hydrogens (tertiary/aromatic N) is 1. The zero-order valence-electron chi connectivity index (χ0n) is 7.63. The molecule has 0 aliphatic rings. The minimum Gasteiger partial charge on any atom is -0.363 e. The van der Waals surface area contributed by atoms with Gasteiger partial charge >= 0.3 is 0 Å². The van der Waals surface area contributed by atoms with E-state index >= 15 is 0 Å². The third-order valence-corrected chi connectivity index (χ3v) is 1.82. The number of aromatic nitrogens is 2. The molecule has 13 heavy (non-hydrogen) atoms. The van der Waals surface area contributed by atoms with Gasteiger partial charge < -0.3 is 15.6 Å². The van der Waals surface area contributed by atoms with Crippen LogP contribution in [0, 0.1) is 0 Å². The molecule has 0 spiro atoms. The molecule has 72 valence electrons. The standard InChI is InChI=1S/C8H14N4S/c1-2-3-10-8(13)11-5-7-4-9-6-12-7/h4,6H,2-3,5H2,1H3,(H,9,12)(H2,10,11,13). The summed E-state index contributed by atoms with van der Waals surface area (Å²) in [7, 11) is 0. The van der Waals surface area contributed by atoms with Gasteiger partial charge in [0.1, 0.15) is 0 Å². The largest absolute Gasteiger partial charge is 0.363 e. The van der Waals surface area contributed by atoms with Crippen molar-refractivity contribution in [3.63, 3.8) is 0 Å². The van der Waals surface area contributed by atoms with E-state index in [1.807, 2.05) is 0 Å². The fourth-order valence-corrected chi connectivity index (χ4v) is 1.03. The van der Waals surface area contributed by atoms with Crippen molar-refractivity contribution in [1.82, 2.24) is 20.6 Å². The van der Waals surface area contributed by atoms with Crippen LogP contribution >= 0.6 is 12.2 Å². The van der Waals surface area contributed by atoms with Crippen LogP contribution in [0.15, 0.2) is 12.5 Å². The fraction of sp³-hybridized carbons (Fsp3) is 0.500. The van der Waals surface area contributed by atoms with Gasteiger partial charge in [0.25, 0.3) is 0 Å². The lowest BCUT2D eigenvalue weighted by atomic mass is 10.5. The van der Waals surface area contributed by atoms with Crippen molar-refractivity contribution in [3.8, 4) is 0 Å². The molecule has 1 heterocycles. The molecule has 0 aliphatic carbocycles. The van der Waals surface area contributed by atoms with Gasteiger partial charge in [0.2, 0.25) is 0 Å². The molecule has 1 rings (SSSR count). The number of H-pyrrole nitrogens is 1. The summed E-state index contributed by atoms with van der Waals surface area (Å²) in [6, 6.07) is 0. The lowest BCUT2D eigenvalue weighted by Gasteiger charge is -2.07. The van der Waals surface area contributed by atoms with E-state index in [0.29, 0.717) is 11.7 Å². The molecule has 0 bridgehead atoms. The lowest BCUT2D eigenvalue weighted by molar-refractivity contribution is 0.792. The first-order valence-electron chi connectivity index (χ1n) is 4.32. The first-order valence-corrected chi connectivity index (χ1v) is 4.72. The second-order valence-electron chi connectivity index (χ2n) is 2.69. The van der Waals surface area contributed by atoms with Crippen LogP contribution in [-0.4, -0.2) is 21.6 Å². The van der Waals surface area contributed by atoms with E-state index in [9.17, 15) is 0 Å². The van der Waals surface area contributed by atoms with Crippen LogP contribution in [0.4, 0.5) is 0 Å². The number of hydrogen-bond donors (Lipinski definition) is 3. The summed E-state index contributed by atoms with van der Waals surface area (Å²) in [5.41, 5.74) is 1.03. The minimum atomic E-state index is 0.690. The molecular formula is C8H14N4S. The molecule has 1 aromatic rings. The number of aromatic amines is 1. The Labute approximate surface area is 83.1 Å². The van der Waals surface area contributed by atoms with Crippen molar-refractivity contribution >= 4 is 17.3 Å². The van der Waals surface area contributed by atoms with E-state index in [2.05, 4.69) is 27.5 Å². The van der Waals surface area contributed by atoms with Gasteiger partial charge in [0.05, 0.1) is 18.6 Å². The predicted octanol–water partition coefficient (Wildman–Crippen LogP) is 0.784. The van der Waals surface area contributed by atoms with Crippen molar-refractivity contribution in [2.24, 2.45) is 0 Å². The van der Waals surface area contributed by atoms with E-state index in [4.69, 9.17) is 12.2 Å². The van der Waals surface area contributed by atoms with Crippen LogP contribution in [0.1, 0.15) is 19.0 Å². The van der Waals surface area contributed by atoms with Crippen LogP contribution < -0.4 is 10.6 Å². The summed E-state index contributed by atoms with van der Waals surface area (Å²) in [6.07, 6.45) is 4.50. The SMILES string of the molecule is CCCNC(=S)NCc1cnc[nH]1. The molecule has 5 heteroatoms. The first kappa shape index (κ1) is 9.98. The smallest absolute Gasteiger partial charge is 0.166 e. The lowest BCUT2D eigenvalue weighted by Crippen LogP contribution is -2.35. The van der Waals surface area contributed by atoms with E-state index in [1.54, 1.807) is 12.5 Å². The van der Waals surface area contributed by atoms with Crippen LogP contribution in [0.25, 0.3) is 0 Å². The normalized spacial score (nSPS) is 9.62. The Morgan fingerprint density at radius 3 is 3.08 bits per heavy atom. The van der Waals surface area contributed by atoms with Gasteiger partial charge in [-0.1, -0.05) is 6.92 Å². The van der Waals surface area contributed by atoms with Crippen LogP contribution in [0.3, 0.4) is 0 Å². The molecule has 0 aromatic carbocycles. The Bertz CT molecular complexity index is 245. The zero-order valence-corrected chi connectivity index (χ0v) is 8.45. The Kier molecular flexibility index (Phi) is 4.25. The molecule has 0 amide bonds. The van der Waals surface area contributed by atoms with Crippen molar-refractivity contribution in [2.75, 3.05) is 6.54 Å². The third kappa shape index (κ3) is 3.89. The molecule has 3 N–H and O–H groups in total. The molecule has 0 unspecified atom stereocenters. The van der Waals surface area contributed by atoms with Gasteiger partial charge in [-0.25, -0.2) is 4.98 Å². The van der Waals surface area contributed by atoms with Crippen molar-refractivity contribution in [3.05, 3.63) is 18.2 Å². The highest BCUT2D eigenvalue weighted by Crippen LogP contribution is 1.88. The number of hydrogen-bond acceptors (Lipinski definition) is 2. The Morgan fingerprint density at radius 2 is 2.46 bits per heavy atom. The maximum atomic E-state index is 5.04. The number of nitrogens with one attached hydrogen (secondary N) is 3. The van der Waals surface area contributed by atoms with Crippen LogP contribution in [0.5, 0.6) is 0 Å². The van der Waals surface area contributed by atoms with E-state index in [0.717, 1.165) is 18.7 Å². The fourth-order valence-electron chi connectivity index (χ4n) is 0.858. The maximum Gasteiger partial charge on any atom is 0.166 e. The molecule has 0 saturated heterocycles. The molecule has 4 nitrogen and oxygen atoms in total. The van der Waals surface area contributed by atoms with Gasteiger partial charge in [-0.2, -0.15) is 0 Å². The summed E-state index contributed by atoms with van der Waals surface area (Å²) in [4.78, 5) is 6.89. The monoisotopic (exact) mass is 198 g/mol. The van der Waals surface area contributed by atoms with E-state index < -0.39 is 0 Å². The zero-order chi connectivity index (χ0) is 9.52. The summed E-state index contributed by atoms with van der Waals surface area (Å²) < 4.78 is 0. The molecular weight excluding hydrogens is 184 g/mol. The average Bonchev–Trinajstić information content (AvgIpc) is 2.64. The highest BCUT2D eigenvalue weighted by atomic mass is 32.1. The molecule has 0 atom stereocenters. The second kappa shape index (κ2) is 5.53. The van der Waals surface area contributed by atoms with Crippen molar-refractivity contribution in [1.29, 1.82) is 0 Å². The van der Waals surface area contributed by atoms with E-state index in [-0.39, 0.29) is 0 Å². The predicted molar refractivity (Wildman–Crippen MR) is 56.3 cm³/mol. The molecule has 1 aromatic heterocycles. The van der Waals surface area contributed by atoms with Gasteiger partial charge in [-0.3, -0.25) is 0 Å². The molecule has 0 radical (unpaired) electrons. The van der Waals surface area contributed by atoms with Gasteiger partial charge in [0.15, 0.2) is 5.11 Å². The summed E-state index contributed by atoms with van der Waals surface area (Å²) in [5.74, 6) is 0. The minimum absolute atomic E-state index is 0.690. The molecule has 0 fully saturated rings. The summed E-state index contributed by atoms with van der Waals surface area (Å²) in [5, 5.41) is 6.84. The van der Waals surface area contributed by atoms with Gasteiger partial charge in [0, 0.05) is 12.7 Å². The van der Waals surface area contributed by atoms with E-state index in [1.165, 1.54) is 0 Å². The van der Waals surface area contributed by atoms with Crippen molar-refractivity contribution in [2.45, 2.75) is 19.9 Å². The highest BCUT2D eigenvalue weighted by molar-refractivity contribution is 7.80. The van der Waals surface area contributed by atoms with Gasteiger partial charge in [-0.05, 0) is 18.6 Å². The second-order valence-corrected chi connectivity index (χ2v) is 3.09. The molecule has 0 saturated carbocycles. The Hall–Kier alpha value is -1.10. The third-order valence-electron chi connectivity index (χ3n) is 1.53. The average molecular weight is 198 g/mol. The number of rotatable bonds is 4. The quantitative estimate of drug-likeness (QED) is 0.626. The highest BCUT2D eigenvalue weighted by Gasteiger charge is 1.95. The summed E-state index contributed by atoms with van der Waals surface area (Å²) >= 11 is 5.04. The van der Waals surface area contributed by atoms with Gasteiger partial charge in [-0.15, -0.1) is 0 Å². The number of imidazole rings is 1. The Balaban J connectivity index is 2.15. The topological polar surface area (TPSA) is 52.7 Å². The number of thiocarbonyl (C=S) groups is 1. The Morgan fingerprint density at radius 1 is 1.62 bits per heavy atom. The summed E-state index contributed by atoms with van der Waals surface area (Å²) in [6.45, 7) is 3.70. The first-order chi connectivity index (χ1) is 6.33. The molecule has 0 aliphatic heterocycles.